The highest BCUT2D eigenvalue weighted by molar-refractivity contribution is 7.91. The van der Waals surface area contributed by atoms with E-state index in [0.717, 1.165) is 30.6 Å². The molecule has 0 spiro atoms. The molecule has 2 atom stereocenters. The molecule has 0 saturated heterocycles. The zero-order valence-electron chi connectivity index (χ0n) is 12.3. The minimum absolute atomic E-state index is 0.119. The lowest BCUT2D eigenvalue weighted by molar-refractivity contribution is -0.123. The maximum absolute atomic E-state index is 12.0. The van der Waals surface area contributed by atoms with E-state index in [-0.39, 0.29) is 16.2 Å². The average molecular weight is 333 g/mol. The lowest BCUT2D eigenvalue weighted by Gasteiger charge is -2.20. The van der Waals surface area contributed by atoms with E-state index in [1.165, 1.54) is 13.0 Å². The summed E-state index contributed by atoms with van der Waals surface area (Å²) in [5, 5.41) is 4.46. The van der Waals surface area contributed by atoms with Gasteiger partial charge in [0.1, 0.15) is 4.21 Å². The summed E-state index contributed by atoms with van der Waals surface area (Å²) in [5.74, 6) is -0.360. The lowest BCUT2D eigenvalue weighted by atomic mass is 10.1. The van der Waals surface area contributed by atoms with Gasteiger partial charge in [0.25, 0.3) is 10.0 Å². The fourth-order valence-corrected chi connectivity index (χ4v) is 4.00. The van der Waals surface area contributed by atoms with Crippen molar-refractivity contribution < 1.29 is 13.2 Å². The van der Waals surface area contributed by atoms with Crippen molar-refractivity contribution in [3.8, 4) is 0 Å². The second-order valence-corrected chi connectivity index (χ2v) is 7.75. The lowest BCUT2D eigenvalue weighted by Crippen LogP contribution is -2.49. The molecule has 1 rings (SSSR count). The molecule has 120 valence electrons. The molecule has 0 aliphatic heterocycles. The molecule has 1 heterocycles. The predicted octanol–water partition coefficient (Wildman–Crippen LogP) is 1.05. The van der Waals surface area contributed by atoms with Gasteiger partial charge in [0.05, 0.1) is 6.04 Å². The van der Waals surface area contributed by atoms with Crippen molar-refractivity contribution in [1.29, 1.82) is 0 Å². The third-order valence-electron chi connectivity index (χ3n) is 3.02. The van der Waals surface area contributed by atoms with Crippen LogP contribution in [0.25, 0.3) is 0 Å². The van der Waals surface area contributed by atoms with Crippen LogP contribution in [0.2, 0.25) is 0 Å². The quantitative estimate of drug-likeness (QED) is 0.628. The van der Waals surface area contributed by atoms with Gasteiger partial charge in [0.15, 0.2) is 0 Å². The van der Waals surface area contributed by atoms with Crippen molar-refractivity contribution in [2.24, 2.45) is 5.73 Å². The van der Waals surface area contributed by atoms with Crippen molar-refractivity contribution in [2.75, 3.05) is 6.54 Å². The molecule has 0 aromatic carbocycles. The van der Waals surface area contributed by atoms with E-state index in [4.69, 9.17) is 5.73 Å². The van der Waals surface area contributed by atoms with Crippen LogP contribution in [0, 0.1) is 0 Å². The molecule has 2 unspecified atom stereocenters. The summed E-state index contributed by atoms with van der Waals surface area (Å²) in [6.07, 6.45) is 2.79. The minimum atomic E-state index is -3.64. The molecule has 0 saturated carbocycles. The minimum Gasteiger partial charge on any atom is -0.351 e. The molecule has 6 nitrogen and oxygen atoms in total. The van der Waals surface area contributed by atoms with Crippen LogP contribution in [0.3, 0.4) is 0 Å². The van der Waals surface area contributed by atoms with Gasteiger partial charge in [-0.15, -0.1) is 11.3 Å². The monoisotopic (exact) mass is 333 g/mol. The molecule has 0 aliphatic carbocycles. The summed E-state index contributed by atoms with van der Waals surface area (Å²) in [7, 11) is -3.64. The Hall–Kier alpha value is -0.960. The summed E-state index contributed by atoms with van der Waals surface area (Å²) >= 11 is 1.11. The zero-order valence-corrected chi connectivity index (χ0v) is 14.0. The Bertz CT molecular complexity index is 529. The largest absolute Gasteiger partial charge is 0.351 e. The fourth-order valence-electron chi connectivity index (χ4n) is 1.79. The molecule has 0 bridgehead atoms. The SMILES string of the molecule is CCCCC(CN)NC(=O)C(C)NS(=O)(=O)c1cccs1. The summed E-state index contributed by atoms with van der Waals surface area (Å²) in [6, 6.07) is 2.19. The number of nitrogens with one attached hydrogen (secondary N) is 2. The number of hydrogen-bond donors (Lipinski definition) is 3. The van der Waals surface area contributed by atoms with Crippen molar-refractivity contribution in [3.63, 3.8) is 0 Å². The van der Waals surface area contributed by atoms with Gasteiger partial charge < -0.3 is 11.1 Å². The first-order valence-electron chi connectivity index (χ1n) is 6.97. The molecule has 1 aromatic rings. The van der Waals surface area contributed by atoms with Crippen LogP contribution < -0.4 is 15.8 Å². The number of carbonyl (C=O) groups is 1. The first kappa shape index (κ1) is 18.1. The van der Waals surface area contributed by atoms with Gasteiger partial charge in [-0.05, 0) is 24.8 Å². The van der Waals surface area contributed by atoms with E-state index in [1.807, 2.05) is 0 Å². The molecule has 0 fully saturated rings. The van der Waals surface area contributed by atoms with Crippen LogP contribution in [0.4, 0.5) is 0 Å². The second-order valence-electron chi connectivity index (χ2n) is 4.86. The van der Waals surface area contributed by atoms with Crippen molar-refractivity contribution >= 4 is 27.3 Å². The summed E-state index contributed by atoms with van der Waals surface area (Å²) in [6.45, 7) is 3.93. The molecule has 0 radical (unpaired) electrons. The van der Waals surface area contributed by atoms with E-state index in [2.05, 4.69) is 17.0 Å². The highest BCUT2D eigenvalue weighted by Crippen LogP contribution is 2.15. The standard InChI is InChI=1S/C13H23N3O3S2/c1-3-4-6-11(9-14)15-13(17)10(2)16-21(18,19)12-7-5-8-20-12/h5,7-8,10-11,16H,3-4,6,9,14H2,1-2H3,(H,15,17). The van der Waals surface area contributed by atoms with Gasteiger partial charge in [-0.2, -0.15) is 4.72 Å². The van der Waals surface area contributed by atoms with Crippen molar-refractivity contribution in [1.82, 2.24) is 10.0 Å². The Morgan fingerprint density at radius 1 is 1.48 bits per heavy atom. The normalized spacial score (nSPS) is 14.6. The second kappa shape index (κ2) is 8.47. The van der Waals surface area contributed by atoms with Gasteiger partial charge in [-0.3, -0.25) is 4.79 Å². The number of amides is 1. The highest BCUT2D eigenvalue weighted by atomic mass is 32.2. The third kappa shape index (κ3) is 5.74. The third-order valence-corrected chi connectivity index (χ3v) is 5.96. The van der Waals surface area contributed by atoms with Crippen LogP contribution in [0.1, 0.15) is 33.1 Å². The van der Waals surface area contributed by atoms with Crippen LogP contribution in [0.5, 0.6) is 0 Å². The van der Waals surface area contributed by atoms with Gasteiger partial charge in [0.2, 0.25) is 5.91 Å². The van der Waals surface area contributed by atoms with Gasteiger partial charge in [-0.1, -0.05) is 25.8 Å². The van der Waals surface area contributed by atoms with Crippen LogP contribution in [-0.2, 0) is 14.8 Å². The first-order chi connectivity index (χ1) is 9.90. The molecular weight excluding hydrogens is 310 g/mol. The predicted molar refractivity (Wildman–Crippen MR) is 84.6 cm³/mol. The fraction of sp³-hybridized carbons (Fsp3) is 0.615. The van der Waals surface area contributed by atoms with Crippen molar-refractivity contribution in [2.45, 2.75) is 49.4 Å². The van der Waals surface area contributed by atoms with Crippen LogP contribution in [0.15, 0.2) is 21.7 Å². The van der Waals surface area contributed by atoms with E-state index in [0.29, 0.717) is 6.54 Å². The van der Waals surface area contributed by atoms with E-state index in [1.54, 1.807) is 11.4 Å². The topological polar surface area (TPSA) is 101 Å². The number of hydrogen-bond acceptors (Lipinski definition) is 5. The molecule has 1 aromatic heterocycles. The maximum atomic E-state index is 12.0. The number of thiophene rings is 1. The number of unbranched alkanes of at least 4 members (excludes halogenated alkanes) is 1. The van der Waals surface area contributed by atoms with Gasteiger partial charge in [0, 0.05) is 12.6 Å². The Labute approximate surface area is 130 Å². The molecule has 21 heavy (non-hydrogen) atoms. The molecule has 0 aliphatic rings. The van der Waals surface area contributed by atoms with E-state index < -0.39 is 16.1 Å². The Kier molecular flexibility index (Phi) is 7.30. The van der Waals surface area contributed by atoms with Crippen LogP contribution in [-0.4, -0.2) is 33.0 Å². The van der Waals surface area contributed by atoms with Gasteiger partial charge >= 0.3 is 0 Å². The smallest absolute Gasteiger partial charge is 0.250 e. The highest BCUT2D eigenvalue weighted by Gasteiger charge is 2.23. The maximum Gasteiger partial charge on any atom is 0.250 e. The number of rotatable bonds is 9. The number of carbonyl (C=O) groups excluding carboxylic acids is 1. The molecular formula is C13H23N3O3S2. The Morgan fingerprint density at radius 3 is 2.71 bits per heavy atom. The Balaban J connectivity index is 2.58. The number of sulfonamides is 1. The van der Waals surface area contributed by atoms with E-state index >= 15 is 0 Å². The zero-order chi connectivity index (χ0) is 15.9. The summed E-state index contributed by atoms with van der Waals surface area (Å²) < 4.78 is 26.6. The molecule has 1 amide bonds. The van der Waals surface area contributed by atoms with Crippen LogP contribution >= 0.6 is 11.3 Å². The van der Waals surface area contributed by atoms with Gasteiger partial charge in [-0.25, -0.2) is 8.42 Å². The molecule has 8 heteroatoms. The summed E-state index contributed by atoms with van der Waals surface area (Å²) in [4.78, 5) is 12.0. The Morgan fingerprint density at radius 2 is 2.19 bits per heavy atom. The van der Waals surface area contributed by atoms with E-state index in [9.17, 15) is 13.2 Å². The summed E-state index contributed by atoms with van der Waals surface area (Å²) in [5.41, 5.74) is 5.61. The first-order valence-corrected chi connectivity index (χ1v) is 9.33. The van der Waals surface area contributed by atoms with Crippen molar-refractivity contribution in [3.05, 3.63) is 17.5 Å². The number of nitrogens with two attached hydrogens (primary N) is 1. The molecule has 4 N–H and O–H groups in total. The average Bonchev–Trinajstić information content (AvgIpc) is 2.97.